The van der Waals surface area contributed by atoms with Gasteiger partial charge in [0.25, 0.3) is 0 Å². The maximum Gasteiger partial charge on any atom is 0.331 e. The smallest absolute Gasteiger partial charge is 0.331 e. The van der Waals surface area contributed by atoms with Crippen LogP contribution < -0.4 is 4.74 Å². The Bertz CT molecular complexity index is 977. The molecule has 3 rings (SSSR count). The lowest BCUT2D eigenvalue weighted by molar-refractivity contribution is -0.132. The van der Waals surface area contributed by atoms with Gasteiger partial charge in [-0.3, -0.25) is 4.98 Å². The second-order valence-electron chi connectivity index (χ2n) is 5.80. The van der Waals surface area contributed by atoms with Gasteiger partial charge in [-0.25, -0.2) is 9.18 Å². The number of aromatic nitrogens is 1. The van der Waals surface area contributed by atoms with Crippen molar-refractivity contribution in [3.63, 3.8) is 0 Å². The van der Waals surface area contributed by atoms with Gasteiger partial charge in [-0.2, -0.15) is 0 Å². The first-order valence-corrected chi connectivity index (χ1v) is 8.27. The number of carboxylic acids is 1. The van der Waals surface area contributed by atoms with E-state index in [0.717, 1.165) is 10.9 Å². The number of nitrogens with zero attached hydrogens (tertiary/aromatic N) is 1. The summed E-state index contributed by atoms with van der Waals surface area (Å²) in [5, 5.41) is 10.0. The Kier molecular flexibility index (Phi) is 5.27. The molecule has 0 unspecified atom stereocenters. The molecule has 5 heteroatoms. The van der Waals surface area contributed by atoms with Crippen LogP contribution in [-0.4, -0.2) is 16.1 Å². The van der Waals surface area contributed by atoms with E-state index in [0.29, 0.717) is 17.7 Å². The number of benzene rings is 2. The number of rotatable bonds is 6. The molecule has 1 aromatic heterocycles. The van der Waals surface area contributed by atoms with E-state index in [1.807, 2.05) is 30.3 Å². The molecule has 0 amide bonds. The van der Waals surface area contributed by atoms with Gasteiger partial charge in [0.1, 0.15) is 23.7 Å². The van der Waals surface area contributed by atoms with Gasteiger partial charge in [-0.05, 0) is 36.3 Å². The molecule has 1 N–H and O–H groups in total. The summed E-state index contributed by atoms with van der Waals surface area (Å²) in [7, 11) is 0. The van der Waals surface area contributed by atoms with Crippen molar-refractivity contribution in [1.29, 1.82) is 0 Å². The van der Waals surface area contributed by atoms with Crippen LogP contribution in [0.2, 0.25) is 0 Å². The van der Waals surface area contributed by atoms with E-state index in [9.17, 15) is 9.18 Å². The third-order valence-electron chi connectivity index (χ3n) is 4.04. The summed E-state index contributed by atoms with van der Waals surface area (Å²) in [6, 6.07) is 14.1. The van der Waals surface area contributed by atoms with Crippen molar-refractivity contribution in [3.05, 3.63) is 77.2 Å². The summed E-state index contributed by atoms with van der Waals surface area (Å²) in [4.78, 5) is 15.4. The van der Waals surface area contributed by atoms with Crippen LogP contribution >= 0.6 is 0 Å². The number of ether oxygens (including phenoxy) is 1. The Morgan fingerprint density at radius 2 is 2.04 bits per heavy atom. The Morgan fingerprint density at radius 1 is 1.23 bits per heavy atom. The minimum atomic E-state index is -1.04. The van der Waals surface area contributed by atoms with Gasteiger partial charge in [0, 0.05) is 22.7 Å². The lowest BCUT2D eigenvalue weighted by Crippen LogP contribution is -2.00. The molecule has 0 aliphatic heterocycles. The molecular formula is C21H18FNO3. The Balaban J connectivity index is 1.79. The largest absolute Gasteiger partial charge is 0.487 e. The highest BCUT2D eigenvalue weighted by Gasteiger charge is 2.09. The van der Waals surface area contributed by atoms with Crippen LogP contribution in [0.4, 0.5) is 4.39 Å². The fourth-order valence-electron chi connectivity index (χ4n) is 2.63. The van der Waals surface area contributed by atoms with Crippen molar-refractivity contribution in [3.8, 4) is 5.75 Å². The molecule has 0 radical (unpaired) electrons. The molecular weight excluding hydrogens is 333 g/mol. The molecule has 0 spiro atoms. The van der Waals surface area contributed by atoms with Gasteiger partial charge < -0.3 is 9.84 Å². The standard InChI is InChI=1S/C21H18FNO3/c1-2-15(21(24)25)12-17-9-8-14(11-18(17)22)13-26-19-7-3-5-16-6-4-10-23-20(16)19/h3-12H,2,13H2,1H3,(H,24,25). The van der Waals surface area contributed by atoms with Crippen molar-refractivity contribution < 1.29 is 19.0 Å². The molecule has 4 nitrogen and oxygen atoms in total. The van der Waals surface area contributed by atoms with Gasteiger partial charge in [0.15, 0.2) is 0 Å². The summed E-state index contributed by atoms with van der Waals surface area (Å²) in [6.45, 7) is 1.91. The quantitative estimate of drug-likeness (QED) is 0.646. The summed E-state index contributed by atoms with van der Waals surface area (Å²) < 4.78 is 20.1. The minimum Gasteiger partial charge on any atom is -0.487 e. The zero-order valence-corrected chi connectivity index (χ0v) is 14.3. The highest BCUT2D eigenvalue weighted by molar-refractivity contribution is 5.92. The first-order chi connectivity index (χ1) is 12.6. The second kappa shape index (κ2) is 7.78. The predicted molar refractivity (Wildman–Crippen MR) is 98.4 cm³/mol. The maximum atomic E-state index is 14.3. The van der Waals surface area contributed by atoms with E-state index in [4.69, 9.17) is 9.84 Å². The van der Waals surface area contributed by atoms with Gasteiger partial charge >= 0.3 is 5.97 Å². The second-order valence-corrected chi connectivity index (χ2v) is 5.80. The molecule has 0 bridgehead atoms. The van der Waals surface area contributed by atoms with Gasteiger partial charge in [0.2, 0.25) is 0 Å². The number of para-hydroxylation sites is 1. The lowest BCUT2D eigenvalue weighted by Gasteiger charge is -2.09. The number of aliphatic carboxylic acids is 1. The number of carbonyl (C=O) groups is 1. The Labute approximate surface area is 150 Å². The lowest BCUT2D eigenvalue weighted by atomic mass is 10.1. The van der Waals surface area contributed by atoms with Crippen molar-refractivity contribution in [2.75, 3.05) is 0 Å². The van der Waals surface area contributed by atoms with Crippen molar-refractivity contribution in [2.24, 2.45) is 0 Å². The van der Waals surface area contributed by atoms with E-state index in [1.54, 1.807) is 25.3 Å². The summed E-state index contributed by atoms with van der Waals surface area (Å²) in [5.41, 5.74) is 1.82. The molecule has 0 atom stereocenters. The topological polar surface area (TPSA) is 59.4 Å². The normalized spacial score (nSPS) is 11.5. The molecule has 0 fully saturated rings. The third-order valence-corrected chi connectivity index (χ3v) is 4.04. The van der Waals surface area contributed by atoms with Gasteiger partial charge in [-0.1, -0.05) is 37.3 Å². The molecule has 132 valence electrons. The molecule has 2 aromatic carbocycles. The fourth-order valence-corrected chi connectivity index (χ4v) is 2.63. The third kappa shape index (κ3) is 3.88. The SMILES string of the molecule is CCC(=Cc1ccc(COc2cccc3cccnc23)cc1F)C(=O)O. The highest BCUT2D eigenvalue weighted by atomic mass is 19.1. The van der Waals surface area contributed by atoms with Crippen LogP contribution in [0, 0.1) is 5.82 Å². The molecule has 3 aromatic rings. The molecule has 1 heterocycles. The first kappa shape index (κ1) is 17.6. The van der Waals surface area contributed by atoms with E-state index in [-0.39, 0.29) is 17.7 Å². The zero-order valence-electron chi connectivity index (χ0n) is 14.3. The molecule has 0 saturated heterocycles. The van der Waals surface area contributed by atoms with Crippen molar-refractivity contribution in [2.45, 2.75) is 20.0 Å². The molecule has 0 aliphatic carbocycles. The van der Waals surface area contributed by atoms with Crippen molar-refractivity contribution >= 4 is 22.9 Å². The van der Waals surface area contributed by atoms with Crippen LogP contribution in [0.5, 0.6) is 5.75 Å². The number of fused-ring (bicyclic) bond motifs is 1. The fraction of sp³-hybridized carbons (Fsp3) is 0.143. The summed E-state index contributed by atoms with van der Waals surface area (Å²) in [5.74, 6) is -0.885. The van der Waals surface area contributed by atoms with Crippen LogP contribution in [-0.2, 0) is 11.4 Å². The van der Waals surface area contributed by atoms with Crippen LogP contribution in [0.1, 0.15) is 24.5 Å². The first-order valence-electron chi connectivity index (χ1n) is 8.27. The number of hydrogen-bond donors (Lipinski definition) is 1. The number of carboxylic acid groups (broad SMARTS) is 1. The van der Waals surface area contributed by atoms with Crippen LogP contribution in [0.25, 0.3) is 17.0 Å². The number of halogens is 1. The van der Waals surface area contributed by atoms with Gasteiger partial charge in [0.05, 0.1) is 0 Å². The average Bonchev–Trinajstić information content (AvgIpc) is 2.65. The van der Waals surface area contributed by atoms with E-state index < -0.39 is 11.8 Å². The molecule has 0 saturated carbocycles. The number of pyridine rings is 1. The Hall–Kier alpha value is -3.21. The van der Waals surface area contributed by atoms with Gasteiger partial charge in [-0.15, -0.1) is 0 Å². The monoisotopic (exact) mass is 351 g/mol. The van der Waals surface area contributed by atoms with E-state index in [1.165, 1.54) is 12.1 Å². The Morgan fingerprint density at radius 3 is 2.77 bits per heavy atom. The maximum absolute atomic E-state index is 14.3. The molecule has 26 heavy (non-hydrogen) atoms. The average molecular weight is 351 g/mol. The van der Waals surface area contributed by atoms with E-state index >= 15 is 0 Å². The highest BCUT2D eigenvalue weighted by Crippen LogP contribution is 2.24. The zero-order chi connectivity index (χ0) is 18.5. The number of hydrogen-bond acceptors (Lipinski definition) is 3. The van der Waals surface area contributed by atoms with Crippen LogP contribution in [0.15, 0.2) is 60.3 Å². The minimum absolute atomic E-state index is 0.162. The van der Waals surface area contributed by atoms with E-state index in [2.05, 4.69) is 4.98 Å². The van der Waals surface area contributed by atoms with Crippen LogP contribution in [0.3, 0.4) is 0 Å². The predicted octanol–water partition coefficient (Wildman–Crippen LogP) is 4.83. The molecule has 0 aliphatic rings. The van der Waals surface area contributed by atoms with Crippen molar-refractivity contribution in [1.82, 2.24) is 4.98 Å². The summed E-state index contributed by atoms with van der Waals surface area (Å²) >= 11 is 0. The summed E-state index contributed by atoms with van der Waals surface area (Å²) in [6.07, 6.45) is 3.38.